The molecule has 0 bridgehead atoms. The Bertz CT molecular complexity index is 409. The maximum Gasteiger partial charge on any atom is 0.245 e. The Labute approximate surface area is 121 Å². The topological polar surface area (TPSA) is 40.6 Å². The lowest BCUT2D eigenvalue weighted by molar-refractivity contribution is -0.142. The molecule has 3 fully saturated rings. The van der Waals surface area contributed by atoms with Crippen molar-refractivity contribution in [3.8, 4) is 0 Å². The van der Waals surface area contributed by atoms with Crippen LogP contribution in [-0.2, 0) is 9.59 Å². The minimum Gasteiger partial charge on any atom is -0.337 e. The fraction of sp³-hybridized carbons (Fsp3) is 0.875. The average Bonchev–Trinajstić information content (AvgIpc) is 2.88. The standard InChI is InChI=1S/C16H26N2O2/c1-11-5-3-6-13(12(11)2)18-10-8-15(19)17-9-4-7-14(17)16(18)20/h11-14H,3-10H2,1-2H3. The van der Waals surface area contributed by atoms with Crippen LogP contribution in [0.25, 0.3) is 0 Å². The Hall–Kier alpha value is -1.06. The third kappa shape index (κ3) is 2.23. The molecule has 4 unspecified atom stereocenters. The van der Waals surface area contributed by atoms with Gasteiger partial charge in [0.15, 0.2) is 0 Å². The zero-order valence-corrected chi connectivity index (χ0v) is 12.7. The zero-order chi connectivity index (χ0) is 14.3. The van der Waals surface area contributed by atoms with E-state index in [9.17, 15) is 9.59 Å². The highest BCUT2D eigenvalue weighted by molar-refractivity contribution is 5.90. The van der Waals surface area contributed by atoms with Gasteiger partial charge in [-0.3, -0.25) is 9.59 Å². The van der Waals surface area contributed by atoms with Crippen LogP contribution in [0.2, 0.25) is 0 Å². The minimum atomic E-state index is -0.158. The molecular weight excluding hydrogens is 252 g/mol. The first-order valence-corrected chi connectivity index (χ1v) is 8.19. The summed E-state index contributed by atoms with van der Waals surface area (Å²) in [5, 5.41) is 0. The van der Waals surface area contributed by atoms with Gasteiger partial charge in [-0.25, -0.2) is 0 Å². The van der Waals surface area contributed by atoms with E-state index in [1.54, 1.807) is 0 Å². The van der Waals surface area contributed by atoms with Crippen LogP contribution in [0.5, 0.6) is 0 Å². The van der Waals surface area contributed by atoms with Crippen LogP contribution in [0.4, 0.5) is 0 Å². The molecule has 3 aliphatic rings. The van der Waals surface area contributed by atoms with Gasteiger partial charge in [-0.2, -0.15) is 0 Å². The molecule has 2 aliphatic heterocycles. The first-order valence-electron chi connectivity index (χ1n) is 8.19. The number of carbonyl (C=O) groups is 2. The van der Waals surface area contributed by atoms with Crippen LogP contribution in [0.3, 0.4) is 0 Å². The maximum atomic E-state index is 12.9. The normalized spacial score (nSPS) is 38.9. The summed E-state index contributed by atoms with van der Waals surface area (Å²) in [5.74, 6) is 1.63. The molecule has 2 heterocycles. The van der Waals surface area contributed by atoms with Crippen molar-refractivity contribution in [2.45, 2.75) is 64.5 Å². The lowest BCUT2D eigenvalue weighted by atomic mass is 9.77. The van der Waals surface area contributed by atoms with Gasteiger partial charge >= 0.3 is 0 Å². The third-order valence-corrected chi connectivity index (χ3v) is 5.77. The number of nitrogens with zero attached hydrogens (tertiary/aromatic N) is 2. The van der Waals surface area contributed by atoms with Crippen molar-refractivity contribution in [3.63, 3.8) is 0 Å². The molecule has 3 rings (SSSR count). The Morgan fingerprint density at radius 3 is 2.55 bits per heavy atom. The largest absolute Gasteiger partial charge is 0.337 e. The van der Waals surface area contributed by atoms with Gasteiger partial charge in [0, 0.05) is 25.6 Å². The molecule has 4 atom stereocenters. The van der Waals surface area contributed by atoms with Gasteiger partial charge in [0.2, 0.25) is 11.8 Å². The summed E-state index contributed by atoms with van der Waals surface area (Å²) >= 11 is 0. The quantitative estimate of drug-likeness (QED) is 0.736. The van der Waals surface area contributed by atoms with Gasteiger partial charge < -0.3 is 9.80 Å². The summed E-state index contributed by atoms with van der Waals surface area (Å²) in [7, 11) is 0. The van der Waals surface area contributed by atoms with E-state index in [4.69, 9.17) is 0 Å². The van der Waals surface area contributed by atoms with Crippen molar-refractivity contribution in [2.75, 3.05) is 13.1 Å². The van der Waals surface area contributed by atoms with Gasteiger partial charge in [0.05, 0.1) is 0 Å². The van der Waals surface area contributed by atoms with E-state index in [0.29, 0.717) is 30.8 Å². The predicted octanol–water partition coefficient (Wildman–Crippen LogP) is 2.03. The van der Waals surface area contributed by atoms with E-state index in [0.717, 1.165) is 25.8 Å². The average molecular weight is 278 g/mol. The Kier molecular flexibility index (Phi) is 3.74. The highest BCUT2D eigenvalue weighted by atomic mass is 16.2. The number of carbonyl (C=O) groups excluding carboxylic acids is 2. The van der Waals surface area contributed by atoms with Crippen molar-refractivity contribution in [2.24, 2.45) is 11.8 Å². The molecule has 2 amide bonds. The first-order chi connectivity index (χ1) is 9.59. The van der Waals surface area contributed by atoms with E-state index >= 15 is 0 Å². The fourth-order valence-corrected chi connectivity index (χ4v) is 4.31. The molecule has 112 valence electrons. The third-order valence-electron chi connectivity index (χ3n) is 5.77. The number of rotatable bonds is 1. The molecule has 1 saturated carbocycles. The fourth-order valence-electron chi connectivity index (χ4n) is 4.31. The second-order valence-corrected chi connectivity index (χ2v) is 6.86. The summed E-state index contributed by atoms with van der Waals surface area (Å²) in [6, 6.07) is 0.189. The van der Waals surface area contributed by atoms with E-state index in [2.05, 4.69) is 18.7 Å². The molecule has 4 nitrogen and oxygen atoms in total. The van der Waals surface area contributed by atoms with Crippen LogP contribution in [0, 0.1) is 11.8 Å². The molecule has 0 radical (unpaired) electrons. The van der Waals surface area contributed by atoms with E-state index in [1.807, 2.05) is 4.90 Å². The number of amides is 2. The van der Waals surface area contributed by atoms with Gasteiger partial charge in [-0.05, 0) is 31.1 Å². The Morgan fingerprint density at radius 2 is 1.75 bits per heavy atom. The second kappa shape index (κ2) is 5.38. The summed E-state index contributed by atoms with van der Waals surface area (Å²) in [6.45, 7) is 5.99. The van der Waals surface area contributed by atoms with Crippen molar-refractivity contribution < 1.29 is 9.59 Å². The van der Waals surface area contributed by atoms with Crippen molar-refractivity contribution in [1.29, 1.82) is 0 Å². The van der Waals surface area contributed by atoms with Crippen LogP contribution < -0.4 is 0 Å². The predicted molar refractivity (Wildman–Crippen MR) is 77.0 cm³/mol. The Morgan fingerprint density at radius 1 is 0.950 bits per heavy atom. The Balaban J connectivity index is 1.82. The van der Waals surface area contributed by atoms with Crippen molar-refractivity contribution >= 4 is 11.8 Å². The molecule has 0 aromatic rings. The number of hydrogen-bond donors (Lipinski definition) is 0. The first kappa shape index (κ1) is 13.9. The molecule has 1 aliphatic carbocycles. The van der Waals surface area contributed by atoms with E-state index in [-0.39, 0.29) is 17.9 Å². The summed E-state index contributed by atoms with van der Waals surface area (Å²) in [5.41, 5.74) is 0. The lowest BCUT2D eigenvalue weighted by Gasteiger charge is -2.42. The SMILES string of the molecule is CC1CCCC(N2CCC(=O)N3CCCC3C2=O)C1C. The van der Waals surface area contributed by atoms with E-state index < -0.39 is 0 Å². The summed E-state index contributed by atoms with van der Waals surface area (Å²) in [4.78, 5) is 28.9. The van der Waals surface area contributed by atoms with Crippen molar-refractivity contribution in [3.05, 3.63) is 0 Å². The minimum absolute atomic E-state index is 0.158. The molecule has 0 spiro atoms. The van der Waals surface area contributed by atoms with Crippen LogP contribution >= 0.6 is 0 Å². The van der Waals surface area contributed by atoms with Crippen LogP contribution in [0.1, 0.15) is 52.4 Å². The second-order valence-electron chi connectivity index (χ2n) is 6.86. The van der Waals surface area contributed by atoms with Crippen LogP contribution in [0.15, 0.2) is 0 Å². The van der Waals surface area contributed by atoms with Crippen LogP contribution in [-0.4, -0.2) is 46.8 Å². The molecular formula is C16H26N2O2. The van der Waals surface area contributed by atoms with Gasteiger partial charge in [0.1, 0.15) is 6.04 Å². The summed E-state index contributed by atoms with van der Waals surface area (Å²) < 4.78 is 0. The molecule has 4 heteroatoms. The van der Waals surface area contributed by atoms with E-state index in [1.165, 1.54) is 12.8 Å². The van der Waals surface area contributed by atoms with Gasteiger partial charge in [0.25, 0.3) is 0 Å². The monoisotopic (exact) mass is 278 g/mol. The van der Waals surface area contributed by atoms with Gasteiger partial charge in [-0.1, -0.05) is 26.7 Å². The molecule has 0 N–H and O–H groups in total. The molecule has 0 aromatic carbocycles. The van der Waals surface area contributed by atoms with Crippen molar-refractivity contribution in [1.82, 2.24) is 9.80 Å². The molecule has 2 saturated heterocycles. The zero-order valence-electron chi connectivity index (χ0n) is 12.7. The highest BCUT2D eigenvalue weighted by Gasteiger charge is 2.43. The number of hydrogen-bond acceptors (Lipinski definition) is 2. The smallest absolute Gasteiger partial charge is 0.245 e. The highest BCUT2D eigenvalue weighted by Crippen LogP contribution is 2.35. The maximum absolute atomic E-state index is 12.9. The lowest BCUT2D eigenvalue weighted by Crippen LogP contribution is -2.51. The van der Waals surface area contributed by atoms with Gasteiger partial charge in [-0.15, -0.1) is 0 Å². The molecule has 0 aromatic heterocycles. The number of fused-ring (bicyclic) bond motifs is 1. The summed E-state index contributed by atoms with van der Waals surface area (Å²) in [6.07, 6.45) is 5.94. The molecule has 20 heavy (non-hydrogen) atoms.